The van der Waals surface area contributed by atoms with Crippen LogP contribution in [0.1, 0.15) is 41.0 Å². The molecule has 3 heterocycles. The first-order valence-electron chi connectivity index (χ1n) is 9.44. The molecule has 3 aromatic rings. The Morgan fingerprint density at radius 3 is 2.97 bits per heavy atom. The predicted molar refractivity (Wildman–Crippen MR) is 103 cm³/mol. The third kappa shape index (κ3) is 3.81. The van der Waals surface area contributed by atoms with Crippen LogP contribution in [0.15, 0.2) is 41.1 Å². The number of fused-ring (bicyclic) bond motifs is 1. The van der Waals surface area contributed by atoms with Gasteiger partial charge in [-0.05, 0) is 25.0 Å². The van der Waals surface area contributed by atoms with Gasteiger partial charge in [0, 0.05) is 25.1 Å². The summed E-state index contributed by atoms with van der Waals surface area (Å²) in [5.41, 5.74) is 1.17. The molecule has 0 radical (unpaired) electrons. The van der Waals surface area contributed by atoms with E-state index < -0.39 is 12.1 Å². The maximum atomic E-state index is 12.7. The Labute approximate surface area is 166 Å². The lowest BCUT2D eigenvalue weighted by Crippen LogP contribution is -2.44. The van der Waals surface area contributed by atoms with Gasteiger partial charge in [-0.15, -0.1) is 0 Å². The molecular formula is C20H21N5O4. The minimum Gasteiger partial charge on any atom is -0.383 e. The molecule has 29 heavy (non-hydrogen) atoms. The highest BCUT2D eigenvalue weighted by Crippen LogP contribution is 2.28. The Morgan fingerprint density at radius 2 is 2.17 bits per heavy atom. The topological polar surface area (TPSA) is 121 Å². The highest BCUT2D eigenvalue weighted by molar-refractivity contribution is 6.06. The number of para-hydroxylation sites is 1. The Kier molecular flexibility index (Phi) is 5.22. The fourth-order valence-electron chi connectivity index (χ4n) is 3.68. The van der Waals surface area contributed by atoms with Crippen molar-refractivity contribution < 1.29 is 19.2 Å². The molecule has 2 aromatic heterocycles. The SMILES string of the molecule is Cc1nc([C@@H](O)[C@@H]2CCCN2C(=O)CNC(=O)c2ccnc3ccccc23)no1. The van der Waals surface area contributed by atoms with E-state index in [-0.39, 0.29) is 24.2 Å². The van der Waals surface area contributed by atoms with Crippen LogP contribution in [0.5, 0.6) is 0 Å². The van der Waals surface area contributed by atoms with E-state index in [4.69, 9.17) is 4.52 Å². The minimum absolute atomic E-state index is 0.163. The van der Waals surface area contributed by atoms with E-state index >= 15 is 0 Å². The Balaban J connectivity index is 1.43. The van der Waals surface area contributed by atoms with Crippen molar-refractivity contribution in [3.8, 4) is 0 Å². The number of amides is 2. The van der Waals surface area contributed by atoms with Crippen LogP contribution in [0.4, 0.5) is 0 Å². The molecule has 2 atom stereocenters. The number of rotatable bonds is 5. The molecule has 150 valence electrons. The Hall–Kier alpha value is -3.33. The lowest BCUT2D eigenvalue weighted by molar-refractivity contribution is -0.133. The molecule has 0 saturated carbocycles. The van der Waals surface area contributed by atoms with Crippen molar-refractivity contribution in [2.75, 3.05) is 13.1 Å². The summed E-state index contributed by atoms with van der Waals surface area (Å²) in [6, 6.07) is 8.51. The van der Waals surface area contributed by atoms with Gasteiger partial charge >= 0.3 is 0 Å². The number of likely N-dealkylation sites (tertiary alicyclic amines) is 1. The van der Waals surface area contributed by atoms with Crippen molar-refractivity contribution in [3.05, 3.63) is 53.8 Å². The molecule has 1 saturated heterocycles. The Morgan fingerprint density at radius 1 is 1.34 bits per heavy atom. The fourth-order valence-corrected chi connectivity index (χ4v) is 3.68. The van der Waals surface area contributed by atoms with E-state index in [1.807, 2.05) is 24.3 Å². The number of benzene rings is 1. The number of carbonyl (C=O) groups excluding carboxylic acids is 2. The summed E-state index contributed by atoms with van der Waals surface area (Å²) >= 11 is 0. The average Bonchev–Trinajstić information content (AvgIpc) is 3.40. The largest absolute Gasteiger partial charge is 0.383 e. The number of nitrogens with one attached hydrogen (secondary N) is 1. The predicted octanol–water partition coefficient (Wildman–Crippen LogP) is 1.38. The zero-order valence-electron chi connectivity index (χ0n) is 15.9. The summed E-state index contributed by atoms with van der Waals surface area (Å²) in [7, 11) is 0. The lowest BCUT2D eigenvalue weighted by atomic mass is 10.1. The average molecular weight is 395 g/mol. The van der Waals surface area contributed by atoms with Gasteiger partial charge < -0.3 is 19.8 Å². The van der Waals surface area contributed by atoms with Crippen LogP contribution < -0.4 is 5.32 Å². The summed E-state index contributed by atoms with van der Waals surface area (Å²) < 4.78 is 4.92. The van der Waals surface area contributed by atoms with Gasteiger partial charge in [0.2, 0.25) is 17.6 Å². The molecule has 1 aromatic carbocycles. The first-order chi connectivity index (χ1) is 14.0. The molecule has 0 bridgehead atoms. The number of aliphatic hydroxyl groups excluding tert-OH is 1. The van der Waals surface area contributed by atoms with Crippen LogP contribution in [0.3, 0.4) is 0 Å². The summed E-state index contributed by atoms with van der Waals surface area (Å²) in [5, 5.41) is 17.7. The van der Waals surface area contributed by atoms with Gasteiger partial charge in [-0.25, -0.2) is 0 Å². The van der Waals surface area contributed by atoms with Crippen molar-refractivity contribution in [3.63, 3.8) is 0 Å². The van der Waals surface area contributed by atoms with E-state index in [0.717, 1.165) is 11.8 Å². The molecule has 1 aliphatic heterocycles. The van der Waals surface area contributed by atoms with Gasteiger partial charge in [0.15, 0.2) is 0 Å². The summed E-state index contributed by atoms with van der Waals surface area (Å²) in [6.07, 6.45) is 1.92. The maximum Gasteiger partial charge on any atom is 0.252 e. The van der Waals surface area contributed by atoms with Crippen molar-refractivity contribution in [2.24, 2.45) is 0 Å². The zero-order valence-corrected chi connectivity index (χ0v) is 15.9. The number of hydrogen-bond acceptors (Lipinski definition) is 7. The molecule has 1 aliphatic rings. The van der Waals surface area contributed by atoms with Gasteiger partial charge in [0.05, 0.1) is 23.7 Å². The summed E-state index contributed by atoms with van der Waals surface area (Å²) in [6.45, 7) is 1.98. The highest BCUT2D eigenvalue weighted by Gasteiger charge is 2.36. The Bertz CT molecular complexity index is 1040. The smallest absolute Gasteiger partial charge is 0.252 e. The normalized spacial score (nSPS) is 17.4. The van der Waals surface area contributed by atoms with Crippen molar-refractivity contribution >= 4 is 22.7 Å². The second-order valence-corrected chi connectivity index (χ2v) is 6.97. The fraction of sp³-hybridized carbons (Fsp3) is 0.350. The first-order valence-corrected chi connectivity index (χ1v) is 9.44. The van der Waals surface area contributed by atoms with E-state index in [1.54, 1.807) is 24.1 Å². The van der Waals surface area contributed by atoms with E-state index in [9.17, 15) is 14.7 Å². The van der Waals surface area contributed by atoms with Crippen LogP contribution in [0, 0.1) is 6.92 Å². The molecule has 1 fully saturated rings. The zero-order chi connectivity index (χ0) is 20.4. The molecule has 0 spiro atoms. The van der Waals surface area contributed by atoms with E-state index in [0.29, 0.717) is 29.9 Å². The number of carbonyl (C=O) groups is 2. The minimum atomic E-state index is -1.03. The second-order valence-electron chi connectivity index (χ2n) is 6.97. The number of pyridine rings is 1. The molecule has 4 rings (SSSR count). The monoisotopic (exact) mass is 395 g/mol. The van der Waals surface area contributed by atoms with Crippen LogP contribution in [0.25, 0.3) is 10.9 Å². The van der Waals surface area contributed by atoms with Gasteiger partial charge in [0.25, 0.3) is 5.91 Å². The van der Waals surface area contributed by atoms with Crippen LogP contribution >= 0.6 is 0 Å². The van der Waals surface area contributed by atoms with Gasteiger partial charge in [-0.3, -0.25) is 14.6 Å². The molecule has 0 unspecified atom stereocenters. The highest BCUT2D eigenvalue weighted by atomic mass is 16.5. The van der Waals surface area contributed by atoms with Crippen molar-refractivity contribution in [1.29, 1.82) is 0 Å². The molecule has 0 aliphatic carbocycles. The second kappa shape index (κ2) is 7.96. The quantitative estimate of drug-likeness (QED) is 0.669. The lowest BCUT2D eigenvalue weighted by Gasteiger charge is -2.27. The third-order valence-electron chi connectivity index (χ3n) is 5.09. The molecule has 2 N–H and O–H groups in total. The van der Waals surface area contributed by atoms with E-state index in [2.05, 4.69) is 20.4 Å². The van der Waals surface area contributed by atoms with Crippen LogP contribution in [-0.2, 0) is 4.79 Å². The maximum absolute atomic E-state index is 12.7. The summed E-state index contributed by atoms with van der Waals surface area (Å²) in [4.78, 5) is 35.2. The van der Waals surface area contributed by atoms with Gasteiger partial charge in [-0.1, -0.05) is 23.4 Å². The van der Waals surface area contributed by atoms with Crippen molar-refractivity contribution in [2.45, 2.75) is 31.9 Å². The number of aliphatic hydroxyl groups is 1. The van der Waals surface area contributed by atoms with Crippen molar-refractivity contribution in [1.82, 2.24) is 25.3 Å². The van der Waals surface area contributed by atoms with Gasteiger partial charge in [0.1, 0.15) is 6.10 Å². The van der Waals surface area contributed by atoms with Crippen LogP contribution in [-0.4, -0.2) is 56.1 Å². The van der Waals surface area contributed by atoms with E-state index in [1.165, 1.54) is 0 Å². The number of hydrogen-bond donors (Lipinski definition) is 2. The molecule has 9 heteroatoms. The molecule has 9 nitrogen and oxygen atoms in total. The molecular weight excluding hydrogens is 374 g/mol. The van der Waals surface area contributed by atoms with Crippen LogP contribution in [0.2, 0.25) is 0 Å². The standard InChI is InChI=1S/C20H21N5O4/c1-12-23-19(24-29-12)18(27)16-7-4-10-25(16)17(26)11-22-20(28)14-8-9-21-15-6-3-2-5-13(14)15/h2-3,5-6,8-9,16,18,27H,4,7,10-11H2,1H3,(H,22,28)/t16-,18-/m0/s1. The first kappa shape index (κ1) is 19.0. The third-order valence-corrected chi connectivity index (χ3v) is 5.09. The number of aromatic nitrogens is 3. The number of nitrogens with zero attached hydrogens (tertiary/aromatic N) is 4. The van der Waals surface area contributed by atoms with Gasteiger partial charge in [-0.2, -0.15) is 4.98 Å². The molecule has 2 amide bonds. The number of aryl methyl sites for hydroxylation is 1. The summed E-state index contributed by atoms with van der Waals surface area (Å²) in [5.74, 6) is -0.0910.